The van der Waals surface area contributed by atoms with Crippen molar-refractivity contribution in [2.24, 2.45) is 0 Å². The molecule has 0 aliphatic carbocycles. The van der Waals surface area contributed by atoms with E-state index in [4.69, 9.17) is 4.74 Å². The SMILES string of the molecule is CCc1nnc(NC(=O)CN2CCN(C(=O)[C@@H]3CCCO3)CC2)s1. The second-order valence-electron chi connectivity index (χ2n) is 6.01. The van der Waals surface area contributed by atoms with Gasteiger partial charge in [0.05, 0.1) is 6.54 Å². The van der Waals surface area contributed by atoms with Gasteiger partial charge in [-0.2, -0.15) is 0 Å². The monoisotopic (exact) mass is 353 g/mol. The summed E-state index contributed by atoms with van der Waals surface area (Å²) in [6.07, 6.45) is 2.34. The summed E-state index contributed by atoms with van der Waals surface area (Å²) in [5.74, 6) is 0.00487. The van der Waals surface area contributed by atoms with E-state index >= 15 is 0 Å². The third kappa shape index (κ3) is 4.28. The molecule has 0 unspecified atom stereocenters. The van der Waals surface area contributed by atoms with E-state index in [-0.39, 0.29) is 17.9 Å². The van der Waals surface area contributed by atoms with Crippen molar-refractivity contribution in [3.63, 3.8) is 0 Å². The number of anilines is 1. The first-order chi connectivity index (χ1) is 11.7. The molecule has 3 rings (SSSR count). The van der Waals surface area contributed by atoms with Crippen LogP contribution in [0.2, 0.25) is 0 Å². The van der Waals surface area contributed by atoms with Gasteiger partial charge in [-0.05, 0) is 19.3 Å². The molecular formula is C15H23N5O3S. The zero-order valence-corrected chi connectivity index (χ0v) is 14.7. The van der Waals surface area contributed by atoms with Crippen molar-refractivity contribution in [3.05, 3.63) is 5.01 Å². The minimum Gasteiger partial charge on any atom is -0.368 e. The van der Waals surface area contributed by atoms with Gasteiger partial charge in [-0.25, -0.2) is 0 Å². The minimum absolute atomic E-state index is 0.0901. The van der Waals surface area contributed by atoms with Gasteiger partial charge in [-0.3, -0.25) is 19.8 Å². The number of aromatic nitrogens is 2. The maximum atomic E-state index is 12.3. The molecular weight excluding hydrogens is 330 g/mol. The molecule has 9 heteroatoms. The summed E-state index contributed by atoms with van der Waals surface area (Å²) in [5.41, 5.74) is 0. The number of rotatable bonds is 5. The van der Waals surface area contributed by atoms with Crippen LogP contribution in [0.5, 0.6) is 0 Å². The standard InChI is InChI=1S/C15H23N5O3S/c1-2-13-17-18-15(24-13)16-12(21)10-19-5-7-20(8-6-19)14(22)11-4-3-9-23-11/h11H,2-10H2,1H3,(H,16,18,21)/t11-/m0/s1. The predicted molar refractivity (Wildman–Crippen MR) is 89.9 cm³/mol. The van der Waals surface area contributed by atoms with E-state index in [2.05, 4.69) is 20.4 Å². The van der Waals surface area contributed by atoms with Crippen molar-refractivity contribution in [1.82, 2.24) is 20.0 Å². The highest BCUT2D eigenvalue weighted by atomic mass is 32.1. The van der Waals surface area contributed by atoms with Crippen LogP contribution in [-0.4, -0.2) is 77.2 Å². The molecule has 1 aromatic heterocycles. The highest BCUT2D eigenvalue weighted by Gasteiger charge is 2.30. The van der Waals surface area contributed by atoms with Crippen molar-refractivity contribution in [2.45, 2.75) is 32.3 Å². The molecule has 8 nitrogen and oxygen atoms in total. The molecule has 2 amide bonds. The lowest BCUT2D eigenvalue weighted by molar-refractivity contribution is -0.142. The molecule has 0 bridgehead atoms. The molecule has 0 radical (unpaired) electrons. The largest absolute Gasteiger partial charge is 0.368 e. The van der Waals surface area contributed by atoms with Crippen LogP contribution in [0.1, 0.15) is 24.8 Å². The first kappa shape index (κ1) is 17.2. The van der Waals surface area contributed by atoms with Gasteiger partial charge >= 0.3 is 0 Å². The number of amides is 2. The first-order valence-electron chi connectivity index (χ1n) is 8.40. The molecule has 0 spiro atoms. The molecule has 24 heavy (non-hydrogen) atoms. The van der Waals surface area contributed by atoms with Gasteiger partial charge in [-0.15, -0.1) is 10.2 Å². The lowest BCUT2D eigenvalue weighted by Gasteiger charge is -2.35. The number of carbonyl (C=O) groups is 2. The fourth-order valence-electron chi connectivity index (χ4n) is 2.91. The van der Waals surface area contributed by atoms with Crippen molar-refractivity contribution in [1.29, 1.82) is 0 Å². The predicted octanol–water partition coefficient (Wildman–Crippen LogP) is 0.362. The van der Waals surface area contributed by atoms with Crippen LogP contribution in [0.3, 0.4) is 0 Å². The lowest BCUT2D eigenvalue weighted by atomic mass is 10.2. The van der Waals surface area contributed by atoms with Crippen molar-refractivity contribution < 1.29 is 14.3 Å². The maximum Gasteiger partial charge on any atom is 0.251 e. The van der Waals surface area contributed by atoms with Crippen LogP contribution >= 0.6 is 11.3 Å². The van der Waals surface area contributed by atoms with E-state index in [0.29, 0.717) is 44.5 Å². The summed E-state index contributed by atoms with van der Waals surface area (Å²) in [6.45, 7) is 5.67. The van der Waals surface area contributed by atoms with E-state index in [0.717, 1.165) is 24.3 Å². The third-order valence-corrected chi connectivity index (χ3v) is 5.25. The van der Waals surface area contributed by atoms with Crippen LogP contribution in [0.15, 0.2) is 0 Å². The normalized spacial score (nSPS) is 21.9. The summed E-state index contributed by atoms with van der Waals surface area (Å²) >= 11 is 1.40. The Balaban J connectivity index is 1.41. The summed E-state index contributed by atoms with van der Waals surface area (Å²) in [6, 6.07) is 0. The molecule has 1 aromatic rings. The second kappa shape index (κ2) is 8.00. The maximum absolute atomic E-state index is 12.3. The number of piperazine rings is 1. The zero-order valence-electron chi connectivity index (χ0n) is 13.9. The molecule has 3 heterocycles. The number of ether oxygens (including phenoxy) is 1. The van der Waals surface area contributed by atoms with Gasteiger partial charge < -0.3 is 9.64 Å². The Morgan fingerprint density at radius 1 is 1.29 bits per heavy atom. The van der Waals surface area contributed by atoms with E-state index < -0.39 is 0 Å². The highest BCUT2D eigenvalue weighted by molar-refractivity contribution is 7.15. The first-order valence-corrected chi connectivity index (χ1v) is 9.22. The fraction of sp³-hybridized carbons (Fsp3) is 0.733. The summed E-state index contributed by atoms with van der Waals surface area (Å²) in [7, 11) is 0. The van der Waals surface area contributed by atoms with Gasteiger partial charge in [0, 0.05) is 32.8 Å². The molecule has 132 valence electrons. The van der Waals surface area contributed by atoms with Crippen molar-refractivity contribution in [3.8, 4) is 0 Å². The lowest BCUT2D eigenvalue weighted by Crippen LogP contribution is -2.52. The fourth-order valence-corrected chi connectivity index (χ4v) is 3.61. The number of nitrogens with zero attached hydrogens (tertiary/aromatic N) is 4. The highest BCUT2D eigenvalue weighted by Crippen LogP contribution is 2.17. The van der Waals surface area contributed by atoms with E-state index in [1.807, 2.05) is 11.8 Å². The van der Waals surface area contributed by atoms with E-state index in [1.165, 1.54) is 11.3 Å². The summed E-state index contributed by atoms with van der Waals surface area (Å²) in [5, 5.41) is 12.2. The average Bonchev–Trinajstić information content (AvgIpc) is 3.26. The van der Waals surface area contributed by atoms with Gasteiger partial charge in [0.2, 0.25) is 11.0 Å². The minimum atomic E-state index is -0.259. The third-order valence-electron chi connectivity index (χ3n) is 4.27. The smallest absolute Gasteiger partial charge is 0.251 e. The molecule has 1 N–H and O–H groups in total. The Labute approximate surface area is 145 Å². The summed E-state index contributed by atoms with van der Waals surface area (Å²) in [4.78, 5) is 28.3. The molecule has 0 saturated carbocycles. The van der Waals surface area contributed by atoms with E-state index in [1.54, 1.807) is 0 Å². The number of nitrogens with one attached hydrogen (secondary N) is 1. The molecule has 1 atom stereocenters. The topological polar surface area (TPSA) is 87.7 Å². The number of aryl methyl sites for hydroxylation is 1. The molecule has 2 aliphatic rings. The van der Waals surface area contributed by atoms with Crippen molar-refractivity contribution >= 4 is 28.3 Å². The Bertz CT molecular complexity index is 579. The molecule has 0 aromatic carbocycles. The van der Waals surface area contributed by atoms with E-state index in [9.17, 15) is 9.59 Å². The zero-order chi connectivity index (χ0) is 16.9. The van der Waals surface area contributed by atoms with Gasteiger partial charge in [0.15, 0.2) is 0 Å². The number of hydrogen-bond donors (Lipinski definition) is 1. The number of carbonyl (C=O) groups excluding carboxylic acids is 2. The average molecular weight is 353 g/mol. The Kier molecular flexibility index (Phi) is 5.75. The Morgan fingerprint density at radius 3 is 2.71 bits per heavy atom. The summed E-state index contributed by atoms with van der Waals surface area (Å²) < 4.78 is 5.46. The second-order valence-corrected chi connectivity index (χ2v) is 7.07. The molecule has 2 fully saturated rings. The van der Waals surface area contributed by atoms with Gasteiger partial charge in [0.1, 0.15) is 11.1 Å². The van der Waals surface area contributed by atoms with Crippen LogP contribution in [0.25, 0.3) is 0 Å². The van der Waals surface area contributed by atoms with Crippen molar-refractivity contribution in [2.75, 3.05) is 44.6 Å². The van der Waals surface area contributed by atoms with Gasteiger partial charge in [0.25, 0.3) is 5.91 Å². The Hall–Kier alpha value is -1.58. The van der Waals surface area contributed by atoms with Crippen LogP contribution in [-0.2, 0) is 20.7 Å². The Morgan fingerprint density at radius 2 is 2.08 bits per heavy atom. The molecule has 2 saturated heterocycles. The molecule has 2 aliphatic heterocycles. The van der Waals surface area contributed by atoms with Gasteiger partial charge in [-0.1, -0.05) is 18.3 Å². The van der Waals surface area contributed by atoms with Crippen LogP contribution in [0.4, 0.5) is 5.13 Å². The van der Waals surface area contributed by atoms with Crippen LogP contribution in [0, 0.1) is 0 Å². The quantitative estimate of drug-likeness (QED) is 0.822. The number of hydrogen-bond acceptors (Lipinski definition) is 7. The van der Waals surface area contributed by atoms with Crippen LogP contribution < -0.4 is 5.32 Å².